The molecule has 0 radical (unpaired) electrons. The van der Waals surface area contributed by atoms with Gasteiger partial charge in [-0.15, -0.1) is 0 Å². The van der Waals surface area contributed by atoms with Crippen molar-refractivity contribution in [3.05, 3.63) is 0 Å². The van der Waals surface area contributed by atoms with Crippen molar-refractivity contribution in [2.45, 2.75) is 5.51 Å². The largest absolute Gasteiger partial charge is 1.00 e. The molecule has 0 rings (SSSR count). The van der Waals surface area contributed by atoms with E-state index in [0.717, 1.165) is 0 Å². The third-order valence-corrected chi connectivity index (χ3v) is 0.877. The minimum Gasteiger partial charge on any atom is -1.00 e. The minimum absolute atomic E-state index is 0. The first kappa shape index (κ1) is 34.9. The van der Waals surface area contributed by atoms with E-state index in [2.05, 4.69) is 0 Å². The summed E-state index contributed by atoms with van der Waals surface area (Å²) in [7, 11) is -23.8. The molecule has 0 aromatic heterocycles. The summed E-state index contributed by atoms with van der Waals surface area (Å²) >= 11 is 0. The monoisotopic (exact) mass is 419 g/mol. The molecule has 1 N–H and O–H groups in total. The fourth-order valence-electron chi connectivity index (χ4n) is 0. The summed E-state index contributed by atoms with van der Waals surface area (Å²) in [5.74, 6) is 0. The minimum atomic E-state index is -6.00. The van der Waals surface area contributed by atoms with Crippen molar-refractivity contribution in [1.29, 1.82) is 0 Å². The Labute approximate surface area is 136 Å². The Bertz CT molecular complexity index is 350. The molecule has 24 heavy (non-hydrogen) atoms. The van der Waals surface area contributed by atoms with E-state index in [4.69, 9.17) is 13.0 Å². The van der Waals surface area contributed by atoms with Crippen molar-refractivity contribution in [2.24, 2.45) is 0 Å². The summed E-state index contributed by atoms with van der Waals surface area (Å²) in [4.78, 5) is 0. The molecule has 0 aromatic carbocycles. The maximum absolute atomic E-state index is 10.7. The predicted octanol–water partition coefficient (Wildman–Crippen LogP) is 1.41. The van der Waals surface area contributed by atoms with Gasteiger partial charge < -0.3 is 53.2 Å². The molecule has 23 heteroatoms. The Hall–Kier alpha value is -0.348. The Kier molecular flexibility index (Phi) is 17.6. The van der Waals surface area contributed by atoms with Crippen molar-refractivity contribution in [2.75, 3.05) is 0 Å². The van der Waals surface area contributed by atoms with E-state index < -0.39 is 37.4 Å². The number of hydrogen-bond acceptors (Lipinski definition) is 2. The Morgan fingerprint density at radius 3 is 0.667 bits per heavy atom. The molecule has 3 nitrogen and oxygen atoms in total. The van der Waals surface area contributed by atoms with Crippen LogP contribution in [0.1, 0.15) is 1.43 Å². The molecule has 0 saturated heterocycles. The molecule has 0 bridgehead atoms. The third kappa shape index (κ3) is 123. The summed E-state index contributed by atoms with van der Waals surface area (Å²) in [5, 5.41) is 0. The first-order valence-corrected chi connectivity index (χ1v) is 5.35. The second-order valence-corrected chi connectivity index (χ2v) is 3.82. The van der Waals surface area contributed by atoms with Gasteiger partial charge in [0.25, 0.3) is 0 Å². The van der Waals surface area contributed by atoms with E-state index in [9.17, 15) is 65.0 Å². The van der Waals surface area contributed by atoms with Crippen LogP contribution in [0.2, 0.25) is 0 Å². The van der Waals surface area contributed by atoms with Gasteiger partial charge in [-0.3, -0.25) is 4.55 Å². The van der Waals surface area contributed by atoms with Gasteiger partial charge in [-0.25, -0.2) is 0 Å². The molecule has 0 atom stereocenters. The van der Waals surface area contributed by atoms with Crippen LogP contribution in [0, 0.1) is 0 Å². The number of hydrogen-bond donors (Lipinski definition) is 1. The zero-order chi connectivity index (χ0) is 20.5. The summed E-state index contributed by atoms with van der Waals surface area (Å²) in [6, 6.07) is 0. The smallest absolute Gasteiger partial charge is 1.00 e. The fourth-order valence-corrected chi connectivity index (χ4v) is 0. The second kappa shape index (κ2) is 12.1. The molecular weight excluding hydrogens is 416 g/mol. The topological polar surface area (TPSA) is 54.4 Å². The molecule has 0 amide bonds. The van der Waals surface area contributed by atoms with Gasteiger partial charge in [-0.05, 0) is 0 Å². The Morgan fingerprint density at radius 2 is 0.667 bits per heavy atom. The molecule has 0 unspecified atom stereocenters. The molecular formula is CH2B3F15LiO3S-3. The average molecular weight is 418 g/mol. The number of alkyl halides is 3. The molecule has 0 heterocycles. The molecule has 0 aromatic rings. The van der Waals surface area contributed by atoms with Gasteiger partial charge in [0, 0.05) is 0 Å². The van der Waals surface area contributed by atoms with Gasteiger partial charge in [0.05, 0.1) is 0 Å². The van der Waals surface area contributed by atoms with Crippen LogP contribution in [0.25, 0.3) is 0 Å². The van der Waals surface area contributed by atoms with Crippen LogP contribution in [0.4, 0.5) is 65.0 Å². The van der Waals surface area contributed by atoms with E-state index in [1.165, 1.54) is 0 Å². The first-order valence-electron chi connectivity index (χ1n) is 3.91. The Morgan fingerprint density at radius 1 is 0.625 bits per heavy atom. The van der Waals surface area contributed by atoms with Crippen molar-refractivity contribution in [1.82, 2.24) is 0 Å². The molecule has 0 aliphatic carbocycles. The zero-order valence-electron chi connectivity index (χ0n) is 11.6. The second-order valence-electron chi connectivity index (χ2n) is 2.41. The maximum Gasteiger partial charge on any atom is 1.00 e. The molecule has 0 spiro atoms. The normalized spacial score (nSPS) is 12.2. The van der Waals surface area contributed by atoms with Crippen molar-refractivity contribution >= 4 is 31.9 Å². The molecule has 0 fully saturated rings. The summed E-state index contributed by atoms with van der Waals surface area (Å²) < 4.78 is 175. The standard InChI is InChI=1S/CHF3O3S.3BF4.Li.H/c2-1(3,4)8(5,6)7;3*2-1(3,4)5;;/h(H,5,6,7);;;;;/q;3*-1;+1;-1. The van der Waals surface area contributed by atoms with E-state index in [1.807, 2.05) is 0 Å². The van der Waals surface area contributed by atoms with Crippen LogP contribution in [-0.2, 0) is 10.1 Å². The van der Waals surface area contributed by atoms with E-state index in [0.29, 0.717) is 0 Å². The van der Waals surface area contributed by atoms with Crippen LogP contribution in [-0.4, -0.2) is 40.2 Å². The van der Waals surface area contributed by atoms with Gasteiger partial charge in [-0.1, -0.05) is 0 Å². The van der Waals surface area contributed by atoms with Crippen LogP contribution in [0.15, 0.2) is 0 Å². The SMILES string of the molecule is F[B-](F)(F)F.F[B-](F)(F)F.F[B-](F)(F)F.O=S(=O)(O)C(F)(F)F.[H-].[Li+]. The fraction of sp³-hybridized carbons (Fsp3) is 1.00. The third-order valence-electron chi connectivity index (χ3n) is 0.292. The van der Waals surface area contributed by atoms with Gasteiger partial charge in [-0.2, -0.15) is 21.6 Å². The Balaban J connectivity index is -0.0000000481. The van der Waals surface area contributed by atoms with E-state index in [1.54, 1.807) is 0 Å². The number of halogens is 15. The molecule has 0 aliphatic heterocycles. The van der Waals surface area contributed by atoms with Crippen molar-refractivity contribution in [3.63, 3.8) is 0 Å². The summed E-state index contributed by atoms with van der Waals surface area (Å²) in [6.45, 7) is 0. The van der Waals surface area contributed by atoms with Gasteiger partial charge in [0.2, 0.25) is 0 Å². The van der Waals surface area contributed by atoms with Crippen LogP contribution < -0.4 is 18.9 Å². The average Bonchev–Trinajstić information content (AvgIpc) is 1.86. The zero-order valence-corrected chi connectivity index (χ0v) is 11.4. The van der Waals surface area contributed by atoms with E-state index >= 15 is 0 Å². The van der Waals surface area contributed by atoms with Crippen LogP contribution >= 0.6 is 0 Å². The maximum atomic E-state index is 10.7. The summed E-state index contributed by atoms with van der Waals surface area (Å²) in [5.41, 5.74) is -5.53. The number of rotatable bonds is 0. The van der Waals surface area contributed by atoms with E-state index in [-0.39, 0.29) is 20.3 Å². The van der Waals surface area contributed by atoms with Crippen molar-refractivity contribution < 1.29 is 98.2 Å². The van der Waals surface area contributed by atoms with Gasteiger partial charge in [0.15, 0.2) is 0 Å². The summed E-state index contributed by atoms with van der Waals surface area (Å²) in [6.07, 6.45) is 0. The molecule has 0 aliphatic rings. The van der Waals surface area contributed by atoms with Crippen LogP contribution in [0.5, 0.6) is 0 Å². The van der Waals surface area contributed by atoms with Gasteiger partial charge >= 0.3 is 56.3 Å². The first-order chi connectivity index (χ1) is 9.25. The van der Waals surface area contributed by atoms with Gasteiger partial charge in [0.1, 0.15) is 0 Å². The van der Waals surface area contributed by atoms with Crippen molar-refractivity contribution in [3.8, 4) is 0 Å². The van der Waals surface area contributed by atoms with Crippen LogP contribution in [0.3, 0.4) is 0 Å². The quantitative estimate of drug-likeness (QED) is 0.280. The molecule has 0 saturated carbocycles. The predicted molar refractivity (Wildman–Crippen MR) is 49.3 cm³/mol. The molecule has 148 valence electrons.